The first-order valence-electron chi connectivity index (χ1n) is 7.18. The standard InChI is InChI=1S/C15H20ClNO3S/c1-12(18)10-14-7-3-2-4-9-17(14)21(19,20)15-8-5-6-13(16)11-15/h5-6,8,11,14H,2-4,7,9-10H2,1H3. The number of sulfonamides is 1. The molecule has 0 amide bonds. The van der Waals surface area contributed by atoms with Gasteiger partial charge in [-0.2, -0.15) is 4.31 Å². The predicted octanol–water partition coefficient (Wildman–Crippen LogP) is 3.25. The Labute approximate surface area is 131 Å². The molecule has 0 aromatic heterocycles. The molecule has 0 aliphatic carbocycles. The summed E-state index contributed by atoms with van der Waals surface area (Å²) in [5, 5.41) is 0.397. The quantitative estimate of drug-likeness (QED) is 0.852. The van der Waals surface area contributed by atoms with Crippen molar-refractivity contribution in [3.63, 3.8) is 0 Å². The van der Waals surface area contributed by atoms with Gasteiger partial charge in [-0.05, 0) is 38.0 Å². The number of Topliss-reactive ketones (excluding diaryl/α,β-unsaturated/α-hetero) is 1. The molecule has 0 spiro atoms. The van der Waals surface area contributed by atoms with E-state index in [4.69, 9.17) is 11.6 Å². The molecule has 0 bridgehead atoms. The molecule has 1 heterocycles. The number of ketones is 1. The third kappa shape index (κ3) is 4.05. The molecule has 1 fully saturated rings. The summed E-state index contributed by atoms with van der Waals surface area (Å²) in [6, 6.07) is 6.06. The lowest BCUT2D eigenvalue weighted by Crippen LogP contribution is -2.40. The summed E-state index contributed by atoms with van der Waals surface area (Å²) < 4.78 is 27.2. The lowest BCUT2D eigenvalue weighted by Gasteiger charge is -2.28. The molecular weight excluding hydrogens is 310 g/mol. The van der Waals surface area contributed by atoms with Gasteiger partial charge in [0, 0.05) is 24.0 Å². The second-order valence-electron chi connectivity index (χ2n) is 5.48. The fourth-order valence-corrected chi connectivity index (χ4v) is 4.76. The van der Waals surface area contributed by atoms with Gasteiger partial charge >= 0.3 is 0 Å². The highest BCUT2D eigenvalue weighted by molar-refractivity contribution is 7.89. The van der Waals surface area contributed by atoms with Gasteiger partial charge in [-0.3, -0.25) is 4.79 Å². The highest BCUT2D eigenvalue weighted by Gasteiger charge is 2.33. The van der Waals surface area contributed by atoms with Gasteiger partial charge in [0.2, 0.25) is 10.0 Å². The molecular formula is C15H20ClNO3S. The third-order valence-corrected chi connectivity index (χ3v) is 5.93. The van der Waals surface area contributed by atoms with Gasteiger partial charge in [0.1, 0.15) is 5.78 Å². The zero-order chi connectivity index (χ0) is 15.5. The van der Waals surface area contributed by atoms with Crippen LogP contribution in [0.4, 0.5) is 0 Å². The van der Waals surface area contributed by atoms with Crippen molar-refractivity contribution in [2.24, 2.45) is 0 Å². The van der Waals surface area contributed by atoms with E-state index in [0.29, 0.717) is 11.6 Å². The molecule has 1 aliphatic rings. The van der Waals surface area contributed by atoms with E-state index in [9.17, 15) is 13.2 Å². The molecule has 0 N–H and O–H groups in total. The van der Waals surface area contributed by atoms with Gasteiger partial charge in [0.05, 0.1) is 4.90 Å². The number of benzene rings is 1. The van der Waals surface area contributed by atoms with Gasteiger partial charge < -0.3 is 0 Å². The normalized spacial score (nSPS) is 21.0. The van der Waals surface area contributed by atoms with Crippen LogP contribution >= 0.6 is 11.6 Å². The number of nitrogens with zero attached hydrogens (tertiary/aromatic N) is 1. The molecule has 1 aliphatic heterocycles. The second-order valence-corrected chi connectivity index (χ2v) is 7.81. The minimum atomic E-state index is -3.61. The summed E-state index contributed by atoms with van der Waals surface area (Å²) in [7, 11) is -3.61. The second kappa shape index (κ2) is 6.90. The minimum absolute atomic E-state index is 0.0215. The minimum Gasteiger partial charge on any atom is -0.300 e. The molecule has 4 nitrogen and oxygen atoms in total. The molecule has 21 heavy (non-hydrogen) atoms. The van der Waals surface area contributed by atoms with E-state index >= 15 is 0 Å². The third-order valence-electron chi connectivity index (χ3n) is 3.75. The first kappa shape index (κ1) is 16.5. The molecule has 6 heteroatoms. The smallest absolute Gasteiger partial charge is 0.243 e. The predicted molar refractivity (Wildman–Crippen MR) is 82.9 cm³/mol. The average Bonchev–Trinajstić information content (AvgIpc) is 2.64. The maximum atomic E-state index is 12.8. The first-order chi connectivity index (χ1) is 9.91. The number of halogens is 1. The van der Waals surface area contributed by atoms with Crippen LogP contribution in [0.2, 0.25) is 5.02 Å². The van der Waals surface area contributed by atoms with E-state index in [2.05, 4.69) is 0 Å². The van der Waals surface area contributed by atoms with E-state index in [1.165, 1.54) is 17.3 Å². The lowest BCUT2D eigenvalue weighted by atomic mass is 10.1. The van der Waals surface area contributed by atoms with Crippen LogP contribution < -0.4 is 0 Å². The molecule has 1 aromatic carbocycles. The van der Waals surface area contributed by atoms with E-state index in [1.807, 2.05) is 0 Å². The van der Waals surface area contributed by atoms with Crippen LogP contribution in [0.5, 0.6) is 0 Å². The summed E-state index contributed by atoms with van der Waals surface area (Å²) in [4.78, 5) is 11.6. The first-order valence-corrected chi connectivity index (χ1v) is 9.00. The zero-order valence-corrected chi connectivity index (χ0v) is 13.7. The number of carbonyl (C=O) groups is 1. The van der Waals surface area contributed by atoms with Crippen LogP contribution in [0.25, 0.3) is 0 Å². The van der Waals surface area contributed by atoms with E-state index in [0.717, 1.165) is 25.7 Å². The molecule has 1 atom stereocenters. The van der Waals surface area contributed by atoms with Crippen LogP contribution in [0.3, 0.4) is 0 Å². The highest BCUT2D eigenvalue weighted by atomic mass is 35.5. The van der Waals surface area contributed by atoms with Crippen molar-refractivity contribution >= 4 is 27.4 Å². The summed E-state index contributed by atoms with van der Waals surface area (Å²) in [5.41, 5.74) is 0. The topological polar surface area (TPSA) is 54.5 Å². The summed E-state index contributed by atoms with van der Waals surface area (Å²) in [6.07, 6.45) is 3.79. The number of carbonyl (C=O) groups excluding carboxylic acids is 1. The molecule has 116 valence electrons. The summed E-state index contributed by atoms with van der Waals surface area (Å²) in [6.45, 7) is 1.97. The molecule has 2 rings (SSSR count). The van der Waals surface area contributed by atoms with Crippen molar-refractivity contribution in [3.8, 4) is 0 Å². The van der Waals surface area contributed by atoms with Gasteiger partial charge in [-0.1, -0.05) is 30.5 Å². The Morgan fingerprint density at radius 3 is 2.76 bits per heavy atom. The van der Waals surface area contributed by atoms with Gasteiger partial charge in [0.15, 0.2) is 0 Å². The SMILES string of the molecule is CC(=O)CC1CCCCCN1S(=O)(=O)c1cccc(Cl)c1. The zero-order valence-electron chi connectivity index (χ0n) is 12.1. The number of hydrogen-bond acceptors (Lipinski definition) is 3. The van der Waals surface area contributed by atoms with E-state index < -0.39 is 10.0 Å². The monoisotopic (exact) mass is 329 g/mol. The largest absolute Gasteiger partial charge is 0.300 e. The Bertz CT molecular complexity index is 615. The highest BCUT2D eigenvalue weighted by Crippen LogP contribution is 2.27. The van der Waals surface area contributed by atoms with Crippen molar-refractivity contribution < 1.29 is 13.2 Å². The Balaban J connectivity index is 2.36. The molecule has 0 saturated carbocycles. The Morgan fingerprint density at radius 1 is 1.33 bits per heavy atom. The molecule has 1 aromatic rings. The van der Waals surface area contributed by atoms with Crippen molar-refractivity contribution in [3.05, 3.63) is 29.3 Å². The maximum Gasteiger partial charge on any atom is 0.243 e. The Hall–Kier alpha value is -0.910. The van der Waals surface area contributed by atoms with E-state index in [1.54, 1.807) is 18.2 Å². The molecule has 1 unspecified atom stereocenters. The lowest BCUT2D eigenvalue weighted by molar-refractivity contribution is -0.117. The fourth-order valence-electron chi connectivity index (χ4n) is 2.77. The van der Waals surface area contributed by atoms with Gasteiger partial charge in [-0.25, -0.2) is 8.42 Å². The average molecular weight is 330 g/mol. The molecule has 1 saturated heterocycles. The van der Waals surface area contributed by atoms with E-state index in [-0.39, 0.29) is 23.1 Å². The Morgan fingerprint density at radius 2 is 2.10 bits per heavy atom. The Kier molecular flexibility index (Phi) is 5.41. The van der Waals surface area contributed by atoms with Crippen LogP contribution in [0, 0.1) is 0 Å². The van der Waals surface area contributed by atoms with Crippen molar-refractivity contribution in [2.75, 3.05) is 6.54 Å². The van der Waals surface area contributed by atoms with Gasteiger partial charge in [0.25, 0.3) is 0 Å². The van der Waals surface area contributed by atoms with Crippen molar-refractivity contribution in [1.82, 2.24) is 4.31 Å². The molecule has 0 radical (unpaired) electrons. The maximum absolute atomic E-state index is 12.8. The van der Waals surface area contributed by atoms with Crippen LogP contribution in [-0.2, 0) is 14.8 Å². The van der Waals surface area contributed by atoms with Crippen LogP contribution in [0.15, 0.2) is 29.2 Å². The van der Waals surface area contributed by atoms with Crippen LogP contribution in [0.1, 0.15) is 39.0 Å². The van der Waals surface area contributed by atoms with Crippen LogP contribution in [-0.4, -0.2) is 31.1 Å². The van der Waals surface area contributed by atoms with Crippen molar-refractivity contribution in [1.29, 1.82) is 0 Å². The van der Waals surface area contributed by atoms with Crippen molar-refractivity contribution in [2.45, 2.75) is 50.0 Å². The number of rotatable bonds is 4. The summed E-state index contributed by atoms with van der Waals surface area (Å²) >= 11 is 5.91. The fraction of sp³-hybridized carbons (Fsp3) is 0.533. The van der Waals surface area contributed by atoms with Gasteiger partial charge in [-0.15, -0.1) is 0 Å². The summed E-state index contributed by atoms with van der Waals surface area (Å²) in [5.74, 6) is 0.0215. The number of hydrogen-bond donors (Lipinski definition) is 0.